The first-order chi connectivity index (χ1) is 14.1. The van der Waals surface area contributed by atoms with Crippen LogP contribution in [0.1, 0.15) is 9.67 Å². The number of hydrogen-bond donors (Lipinski definition) is 2. The van der Waals surface area contributed by atoms with E-state index in [0.717, 1.165) is 40.7 Å². The van der Waals surface area contributed by atoms with Gasteiger partial charge >= 0.3 is 5.97 Å². The van der Waals surface area contributed by atoms with Crippen molar-refractivity contribution in [1.29, 1.82) is 0 Å². The summed E-state index contributed by atoms with van der Waals surface area (Å²) in [6.45, 7) is 2.98. The van der Waals surface area contributed by atoms with E-state index in [1.807, 2.05) is 24.3 Å². The molecule has 9 heteroatoms. The molecule has 2 N–H and O–H groups in total. The number of rotatable bonds is 6. The standard InChI is InChI=1S/C20H20N4O4S/c25-19(21-14-3-1-2-4-16(14)23-9-11-28-12-10-23)13-24-8-7-15(22-24)17-5-6-18(29-17)20(26)27/h1-8H,9-13H2,(H,21,25)(H,26,27). The van der Waals surface area contributed by atoms with Crippen molar-refractivity contribution in [3.63, 3.8) is 0 Å². The van der Waals surface area contributed by atoms with Gasteiger partial charge in [0, 0.05) is 19.3 Å². The number of morpholine rings is 1. The molecule has 4 rings (SSSR count). The van der Waals surface area contributed by atoms with Crippen molar-refractivity contribution >= 4 is 34.6 Å². The molecule has 1 aliphatic rings. The third kappa shape index (κ3) is 4.47. The van der Waals surface area contributed by atoms with Crippen LogP contribution in [0.4, 0.5) is 11.4 Å². The Kier molecular flexibility index (Phi) is 5.59. The molecule has 1 aliphatic heterocycles. The molecule has 0 unspecified atom stereocenters. The number of para-hydroxylation sites is 2. The molecule has 2 aromatic heterocycles. The van der Waals surface area contributed by atoms with Crippen molar-refractivity contribution in [2.45, 2.75) is 6.54 Å². The topological polar surface area (TPSA) is 96.7 Å². The Morgan fingerprint density at radius 1 is 1.14 bits per heavy atom. The van der Waals surface area contributed by atoms with E-state index in [0.29, 0.717) is 18.9 Å². The number of amides is 1. The van der Waals surface area contributed by atoms with Crippen molar-refractivity contribution in [2.75, 3.05) is 36.5 Å². The van der Waals surface area contributed by atoms with Crippen LogP contribution in [0, 0.1) is 0 Å². The second-order valence-corrected chi connectivity index (χ2v) is 7.62. The molecule has 0 bridgehead atoms. The molecule has 150 valence electrons. The third-order valence-corrected chi connectivity index (χ3v) is 5.64. The summed E-state index contributed by atoms with van der Waals surface area (Å²) in [5.41, 5.74) is 2.38. The molecule has 1 fully saturated rings. The van der Waals surface area contributed by atoms with Crippen LogP contribution >= 0.6 is 11.3 Å². The van der Waals surface area contributed by atoms with Crippen LogP contribution in [-0.4, -0.2) is 53.1 Å². The molecule has 0 saturated carbocycles. The average Bonchev–Trinajstić information content (AvgIpc) is 3.38. The number of thiophene rings is 1. The largest absolute Gasteiger partial charge is 0.477 e. The summed E-state index contributed by atoms with van der Waals surface area (Å²) in [7, 11) is 0. The highest BCUT2D eigenvalue weighted by Crippen LogP contribution is 2.28. The maximum absolute atomic E-state index is 12.6. The number of carboxylic acid groups (broad SMARTS) is 1. The molecular weight excluding hydrogens is 392 g/mol. The molecule has 0 atom stereocenters. The maximum atomic E-state index is 12.6. The monoisotopic (exact) mass is 412 g/mol. The number of benzene rings is 1. The Hall–Kier alpha value is -3.17. The first-order valence-corrected chi connectivity index (χ1v) is 10.0. The van der Waals surface area contributed by atoms with Crippen molar-refractivity contribution in [2.24, 2.45) is 0 Å². The Morgan fingerprint density at radius 2 is 1.93 bits per heavy atom. The fourth-order valence-electron chi connectivity index (χ4n) is 3.17. The molecular formula is C20H20N4O4S. The minimum absolute atomic E-state index is 0.0641. The lowest BCUT2D eigenvalue weighted by Crippen LogP contribution is -2.36. The van der Waals surface area contributed by atoms with Gasteiger partial charge in [0.05, 0.1) is 29.5 Å². The molecule has 0 radical (unpaired) electrons. The lowest BCUT2D eigenvalue weighted by Gasteiger charge is -2.30. The number of aromatic nitrogens is 2. The van der Waals surface area contributed by atoms with Gasteiger partial charge in [-0.15, -0.1) is 11.3 Å². The molecule has 29 heavy (non-hydrogen) atoms. The van der Waals surface area contributed by atoms with E-state index in [2.05, 4.69) is 15.3 Å². The van der Waals surface area contributed by atoms with Crippen LogP contribution < -0.4 is 10.2 Å². The van der Waals surface area contributed by atoms with Gasteiger partial charge in [0.1, 0.15) is 17.1 Å². The summed E-state index contributed by atoms with van der Waals surface area (Å²) in [5.74, 6) is -1.14. The van der Waals surface area contributed by atoms with E-state index in [4.69, 9.17) is 9.84 Å². The molecule has 1 aromatic carbocycles. The lowest BCUT2D eigenvalue weighted by atomic mass is 10.2. The highest BCUT2D eigenvalue weighted by atomic mass is 32.1. The van der Waals surface area contributed by atoms with Crippen LogP contribution in [0.25, 0.3) is 10.6 Å². The average molecular weight is 412 g/mol. The summed E-state index contributed by atoms with van der Waals surface area (Å²) < 4.78 is 6.95. The zero-order valence-electron chi connectivity index (χ0n) is 15.6. The highest BCUT2D eigenvalue weighted by Gasteiger charge is 2.16. The number of ether oxygens (including phenoxy) is 1. The van der Waals surface area contributed by atoms with Gasteiger partial charge in [0.2, 0.25) is 5.91 Å². The fourth-order valence-corrected chi connectivity index (χ4v) is 3.98. The summed E-state index contributed by atoms with van der Waals surface area (Å²) in [6.07, 6.45) is 1.71. The Balaban J connectivity index is 1.43. The number of carboxylic acids is 1. The van der Waals surface area contributed by atoms with Gasteiger partial charge in [-0.2, -0.15) is 5.10 Å². The highest BCUT2D eigenvalue weighted by molar-refractivity contribution is 7.17. The first-order valence-electron chi connectivity index (χ1n) is 9.19. The zero-order valence-corrected chi connectivity index (χ0v) is 16.4. The van der Waals surface area contributed by atoms with Gasteiger partial charge in [-0.1, -0.05) is 12.1 Å². The van der Waals surface area contributed by atoms with Crippen LogP contribution in [0.5, 0.6) is 0 Å². The number of aromatic carboxylic acids is 1. The SMILES string of the molecule is O=C(Cn1ccc(-c2ccc(C(=O)O)s2)n1)Nc1ccccc1N1CCOCC1. The van der Waals surface area contributed by atoms with Gasteiger partial charge in [-0.05, 0) is 30.3 Å². The Morgan fingerprint density at radius 3 is 2.69 bits per heavy atom. The number of anilines is 2. The van der Waals surface area contributed by atoms with E-state index >= 15 is 0 Å². The molecule has 1 saturated heterocycles. The number of carbonyl (C=O) groups is 2. The van der Waals surface area contributed by atoms with E-state index < -0.39 is 5.97 Å². The van der Waals surface area contributed by atoms with E-state index in [1.165, 1.54) is 0 Å². The van der Waals surface area contributed by atoms with Crippen LogP contribution in [0.2, 0.25) is 0 Å². The Bertz CT molecular complexity index is 1020. The second-order valence-electron chi connectivity index (χ2n) is 6.53. The van der Waals surface area contributed by atoms with Crippen LogP contribution in [-0.2, 0) is 16.1 Å². The zero-order chi connectivity index (χ0) is 20.2. The predicted molar refractivity (Wildman–Crippen MR) is 111 cm³/mol. The van der Waals surface area contributed by atoms with Crippen molar-refractivity contribution in [3.8, 4) is 10.6 Å². The minimum Gasteiger partial charge on any atom is -0.477 e. The summed E-state index contributed by atoms with van der Waals surface area (Å²) in [5, 5.41) is 16.4. The van der Waals surface area contributed by atoms with Crippen molar-refractivity contribution in [1.82, 2.24) is 9.78 Å². The molecule has 0 spiro atoms. The number of nitrogens with zero attached hydrogens (tertiary/aromatic N) is 3. The Labute approximate surface area is 171 Å². The third-order valence-electron chi connectivity index (χ3n) is 4.55. The summed E-state index contributed by atoms with van der Waals surface area (Å²) in [6, 6.07) is 12.8. The molecule has 8 nitrogen and oxygen atoms in total. The number of carbonyl (C=O) groups excluding carboxylic acids is 1. The molecule has 3 heterocycles. The number of nitrogens with one attached hydrogen (secondary N) is 1. The predicted octanol–water partition coefficient (Wildman–Crippen LogP) is 2.79. The van der Waals surface area contributed by atoms with Gasteiger partial charge < -0.3 is 20.1 Å². The van der Waals surface area contributed by atoms with Gasteiger partial charge in [-0.25, -0.2) is 4.79 Å². The molecule has 1 amide bonds. The van der Waals surface area contributed by atoms with Gasteiger partial charge in [-0.3, -0.25) is 9.48 Å². The van der Waals surface area contributed by atoms with E-state index in [-0.39, 0.29) is 17.3 Å². The van der Waals surface area contributed by atoms with Crippen LogP contribution in [0.15, 0.2) is 48.7 Å². The second kappa shape index (κ2) is 8.46. The van der Waals surface area contributed by atoms with Gasteiger partial charge in [0.25, 0.3) is 0 Å². The summed E-state index contributed by atoms with van der Waals surface area (Å²) in [4.78, 5) is 26.8. The smallest absolute Gasteiger partial charge is 0.345 e. The number of hydrogen-bond acceptors (Lipinski definition) is 6. The van der Waals surface area contributed by atoms with Crippen LogP contribution in [0.3, 0.4) is 0 Å². The molecule has 0 aliphatic carbocycles. The molecule has 3 aromatic rings. The summed E-state index contributed by atoms with van der Waals surface area (Å²) >= 11 is 1.16. The van der Waals surface area contributed by atoms with Crippen molar-refractivity contribution in [3.05, 3.63) is 53.5 Å². The lowest BCUT2D eigenvalue weighted by molar-refractivity contribution is -0.116. The minimum atomic E-state index is -0.959. The van der Waals surface area contributed by atoms with Gasteiger partial charge in [0.15, 0.2) is 0 Å². The first kappa shape index (κ1) is 19.2. The quantitative estimate of drug-likeness (QED) is 0.646. The fraction of sp³-hybridized carbons (Fsp3) is 0.250. The maximum Gasteiger partial charge on any atom is 0.345 e. The van der Waals surface area contributed by atoms with E-state index in [9.17, 15) is 9.59 Å². The normalized spacial score (nSPS) is 14.0. The van der Waals surface area contributed by atoms with Crippen molar-refractivity contribution < 1.29 is 19.4 Å². The van der Waals surface area contributed by atoms with E-state index in [1.54, 1.807) is 29.1 Å².